The van der Waals surface area contributed by atoms with Gasteiger partial charge in [0.25, 0.3) is 0 Å². The predicted molar refractivity (Wildman–Crippen MR) is 86.8 cm³/mol. The third kappa shape index (κ3) is 5.27. The van der Waals surface area contributed by atoms with Gasteiger partial charge >= 0.3 is 0 Å². The smallest absolute Gasteiger partial charge is 0.188 e. The summed E-state index contributed by atoms with van der Waals surface area (Å²) in [5.74, 6) is 2.09. The van der Waals surface area contributed by atoms with Gasteiger partial charge in [0.2, 0.25) is 0 Å². The topological polar surface area (TPSA) is 62.9 Å². The molecule has 1 atom stereocenters. The van der Waals surface area contributed by atoms with Crippen LogP contribution in [0.5, 0.6) is 5.75 Å². The maximum atomic E-state index is 5.90. The Balaban J connectivity index is 1.67. The molecule has 2 rings (SSSR count). The molecule has 116 valence electrons. The standard InChI is InChI=1S/C16H26N4O/c1-20-10-8-14(12-20)11-19-16(17)18-9-7-13-3-5-15(21-2)6-4-13/h3-6,14H,7-12H2,1-2H3,(H3,17,18,19). The predicted octanol–water partition coefficient (Wildman–Crippen LogP) is 1.09. The van der Waals surface area contributed by atoms with Crippen molar-refractivity contribution in [1.29, 1.82) is 0 Å². The number of likely N-dealkylation sites (tertiary alicyclic amines) is 1. The van der Waals surface area contributed by atoms with Crippen LogP contribution in [0.15, 0.2) is 29.3 Å². The van der Waals surface area contributed by atoms with Crippen LogP contribution in [-0.2, 0) is 6.42 Å². The van der Waals surface area contributed by atoms with Crippen molar-refractivity contribution in [2.75, 3.05) is 40.3 Å². The van der Waals surface area contributed by atoms with E-state index in [0.717, 1.165) is 31.8 Å². The van der Waals surface area contributed by atoms with Gasteiger partial charge in [0.1, 0.15) is 5.75 Å². The Morgan fingerprint density at radius 3 is 2.81 bits per heavy atom. The third-order valence-electron chi connectivity index (χ3n) is 3.89. The zero-order valence-electron chi connectivity index (χ0n) is 13.0. The van der Waals surface area contributed by atoms with Crippen molar-refractivity contribution in [3.05, 3.63) is 29.8 Å². The summed E-state index contributed by atoms with van der Waals surface area (Å²) in [5.41, 5.74) is 7.16. The fourth-order valence-corrected chi connectivity index (χ4v) is 2.59. The molecule has 1 unspecified atom stereocenters. The number of benzene rings is 1. The minimum atomic E-state index is 0.554. The fraction of sp³-hybridized carbons (Fsp3) is 0.562. The number of nitrogens with two attached hydrogens (primary N) is 1. The zero-order chi connectivity index (χ0) is 15.1. The number of guanidine groups is 1. The van der Waals surface area contributed by atoms with Gasteiger partial charge in [-0.3, -0.25) is 4.99 Å². The summed E-state index contributed by atoms with van der Waals surface area (Å²) in [6, 6.07) is 8.09. The first-order valence-corrected chi connectivity index (χ1v) is 7.52. The van der Waals surface area contributed by atoms with Crippen LogP contribution in [0.25, 0.3) is 0 Å². The number of hydrogen-bond donors (Lipinski definition) is 2. The van der Waals surface area contributed by atoms with Crippen molar-refractivity contribution in [1.82, 2.24) is 10.2 Å². The average molecular weight is 290 g/mol. The molecular weight excluding hydrogens is 264 g/mol. The Labute approximate surface area is 127 Å². The number of nitrogens with zero attached hydrogens (tertiary/aromatic N) is 2. The van der Waals surface area contributed by atoms with E-state index < -0.39 is 0 Å². The molecule has 0 amide bonds. The van der Waals surface area contributed by atoms with Gasteiger partial charge in [0.05, 0.1) is 7.11 Å². The zero-order valence-corrected chi connectivity index (χ0v) is 13.0. The van der Waals surface area contributed by atoms with Gasteiger partial charge in [-0.25, -0.2) is 0 Å². The first kappa shape index (κ1) is 15.6. The summed E-state index contributed by atoms with van der Waals surface area (Å²) in [5, 5.41) is 3.18. The molecule has 1 aliphatic rings. The Hall–Kier alpha value is -1.75. The summed E-state index contributed by atoms with van der Waals surface area (Å²) in [6.07, 6.45) is 2.14. The van der Waals surface area contributed by atoms with Crippen LogP contribution in [-0.4, -0.2) is 51.2 Å². The summed E-state index contributed by atoms with van der Waals surface area (Å²) < 4.78 is 5.14. The summed E-state index contributed by atoms with van der Waals surface area (Å²) >= 11 is 0. The lowest BCUT2D eigenvalue weighted by Gasteiger charge is -2.09. The van der Waals surface area contributed by atoms with Crippen LogP contribution < -0.4 is 15.8 Å². The highest BCUT2D eigenvalue weighted by atomic mass is 16.5. The molecule has 5 nitrogen and oxygen atoms in total. The van der Waals surface area contributed by atoms with Crippen LogP contribution in [0.4, 0.5) is 0 Å². The number of methoxy groups -OCH3 is 1. The molecule has 0 aromatic heterocycles. The Bertz CT molecular complexity index is 458. The molecule has 1 aromatic rings. The molecule has 1 heterocycles. The summed E-state index contributed by atoms with van der Waals surface area (Å²) in [6.45, 7) is 3.92. The molecule has 1 fully saturated rings. The van der Waals surface area contributed by atoms with Crippen molar-refractivity contribution >= 4 is 5.96 Å². The van der Waals surface area contributed by atoms with Crippen LogP contribution in [0.2, 0.25) is 0 Å². The molecule has 0 radical (unpaired) electrons. The van der Waals surface area contributed by atoms with Gasteiger partial charge < -0.3 is 20.7 Å². The molecule has 1 saturated heterocycles. The molecular formula is C16H26N4O. The molecule has 0 spiro atoms. The van der Waals surface area contributed by atoms with Gasteiger partial charge in [-0.1, -0.05) is 12.1 Å². The summed E-state index contributed by atoms with van der Waals surface area (Å²) in [4.78, 5) is 6.78. The molecule has 1 aromatic carbocycles. The second kappa shape index (κ2) is 7.88. The lowest BCUT2D eigenvalue weighted by atomic mass is 10.1. The van der Waals surface area contributed by atoms with Gasteiger partial charge in [-0.05, 0) is 50.0 Å². The van der Waals surface area contributed by atoms with Crippen molar-refractivity contribution in [3.8, 4) is 5.75 Å². The van der Waals surface area contributed by atoms with E-state index in [1.54, 1.807) is 7.11 Å². The van der Waals surface area contributed by atoms with Crippen molar-refractivity contribution in [3.63, 3.8) is 0 Å². The third-order valence-corrected chi connectivity index (χ3v) is 3.89. The number of ether oxygens (including phenoxy) is 1. The molecule has 1 aliphatic heterocycles. The van der Waals surface area contributed by atoms with Gasteiger partial charge in [0, 0.05) is 19.6 Å². The maximum absolute atomic E-state index is 5.90. The highest BCUT2D eigenvalue weighted by Gasteiger charge is 2.18. The molecule has 5 heteroatoms. The first-order valence-electron chi connectivity index (χ1n) is 7.52. The van der Waals surface area contributed by atoms with E-state index in [2.05, 4.69) is 34.4 Å². The second-order valence-corrected chi connectivity index (χ2v) is 5.67. The van der Waals surface area contributed by atoms with E-state index in [-0.39, 0.29) is 0 Å². The second-order valence-electron chi connectivity index (χ2n) is 5.67. The highest BCUT2D eigenvalue weighted by Crippen LogP contribution is 2.14. The lowest BCUT2D eigenvalue weighted by molar-refractivity contribution is 0.397. The van der Waals surface area contributed by atoms with Crippen LogP contribution in [0.1, 0.15) is 12.0 Å². The normalized spacial score (nSPS) is 19.7. The number of rotatable bonds is 6. The van der Waals surface area contributed by atoms with E-state index in [1.165, 1.54) is 18.5 Å². The van der Waals surface area contributed by atoms with E-state index in [0.29, 0.717) is 11.9 Å². The minimum Gasteiger partial charge on any atom is -0.497 e. The Morgan fingerprint density at radius 1 is 1.43 bits per heavy atom. The average Bonchev–Trinajstić information content (AvgIpc) is 2.91. The van der Waals surface area contributed by atoms with Gasteiger partial charge in [-0.2, -0.15) is 0 Å². The van der Waals surface area contributed by atoms with E-state index in [4.69, 9.17) is 10.5 Å². The van der Waals surface area contributed by atoms with Gasteiger partial charge in [0.15, 0.2) is 5.96 Å². The van der Waals surface area contributed by atoms with Crippen molar-refractivity contribution < 1.29 is 4.74 Å². The lowest BCUT2D eigenvalue weighted by Crippen LogP contribution is -2.33. The van der Waals surface area contributed by atoms with Crippen LogP contribution in [0.3, 0.4) is 0 Å². The Kier molecular flexibility index (Phi) is 5.87. The van der Waals surface area contributed by atoms with Gasteiger partial charge in [-0.15, -0.1) is 0 Å². The number of aliphatic imine (C=N–C) groups is 1. The SMILES string of the molecule is COc1ccc(CCNC(N)=NCC2CCN(C)C2)cc1. The van der Waals surface area contributed by atoms with Crippen LogP contribution >= 0.6 is 0 Å². The molecule has 0 aliphatic carbocycles. The quantitative estimate of drug-likeness (QED) is 0.608. The van der Waals surface area contributed by atoms with Crippen LogP contribution in [0, 0.1) is 5.92 Å². The molecule has 0 saturated carbocycles. The maximum Gasteiger partial charge on any atom is 0.188 e. The van der Waals surface area contributed by atoms with E-state index in [1.807, 2.05) is 12.1 Å². The number of hydrogen-bond acceptors (Lipinski definition) is 3. The van der Waals surface area contributed by atoms with E-state index >= 15 is 0 Å². The van der Waals surface area contributed by atoms with Crippen molar-refractivity contribution in [2.45, 2.75) is 12.8 Å². The minimum absolute atomic E-state index is 0.554. The summed E-state index contributed by atoms with van der Waals surface area (Å²) in [7, 11) is 3.83. The largest absolute Gasteiger partial charge is 0.497 e. The number of nitrogens with one attached hydrogen (secondary N) is 1. The molecule has 0 bridgehead atoms. The molecule has 3 N–H and O–H groups in total. The Morgan fingerprint density at radius 2 is 2.19 bits per heavy atom. The monoisotopic (exact) mass is 290 g/mol. The fourth-order valence-electron chi connectivity index (χ4n) is 2.59. The highest BCUT2D eigenvalue weighted by molar-refractivity contribution is 5.77. The molecule has 21 heavy (non-hydrogen) atoms. The van der Waals surface area contributed by atoms with Crippen molar-refractivity contribution in [2.24, 2.45) is 16.6 Å². The van der Waals surface area contributed by atoms with E-state index in [9.17, 15) is 0 Å². The first-order chi connectivity index (χ1) is 10.2.